The third-order valence-corrected chi connectivity index (χ3v) is 11.7. The van der Waals surface area contributed by atoms with Gasteiger partial charge in [-0.1, -0.05) is 198 Å². The Balaban J connectivity index is 4.31. The van der Waals surface area contributed by atoms with E-state index >= 15 is 0 Å². The molecule has 2 N–H and O–H groups in total. The monoisotopic (exact) mass is 987 g/mol. The summed E-state index contributed by atoms with van der Waals surface area (Å²) in [6.07, 6.45) is 78.9. The lowest BCUT2D eigenvalue weighted by molar-refractivity contribution is -0.870. The van der Waals surface area contributed by atoms with E-state index in [1.807, 2.05) is 27.2 Å². The second-order valence-corrected chi connectivity index (χ2v) is 19.9. The lowest BCUT2D eigenvalue weighted by Gasteiger charge is -2.29. The molecule has 0 rings (SSSR count). The summed E-state index contributed by atoms with van der Waals surface area (Å²) in [6, 6.07) is -0.935. The van der Waals surface area contributed by atoms with E-state index in [1.54, 1.807) is 6.08 Å². The zero-order valence-corrected chi connectivity index (χ0v) is 45.5. The molecule has 0 bridgehead atoms. The summed E-state index contributed by atoms with van der Waals surface area (Å²) in [5.41, 5.74) is 0. The Bertz CT molecular complexity index is 1690. The zero-order valence-electron chi connectivity index (χ0n) is 44.6. The molecule has 3 atom stereocenters. The predicted octanol–water partition coefficient (Wildman–Crippen LogP) is 15.7. The summed E-state index contributed by atoms with van der Waals surface area (Å²) < 4.78 is 23.2. The van der Waals surface area contributed by atoms with Crippen molar-refractivity contribution in [2.75, 3.05) is 40.9 Å². The van der Waals surface area contributed by atoms with Crippen molar-refractivity contribution in [3.63, 3.8) is 0 Å². The average Bonchev–Trinajstić information content (AvgIpc) is 3.32. The first-order valence-corrected chi connectivity index (χ1v) is 28.3. The molecule has 0 aliphatic rings. The van der Waals surface area contributed by atoms with E-state index in [2.05, 4.69) is 165 Å². The van der Waals surface area contributed by atoms with Crippen LogP contribution in [0.5, 0.6) is 0 Å². The van der Waals surface area contributed by atoms with E-state index in [4.69, 9.17) is 9.05 Å². The SMILES string of the molecule is CC/C=C\C/C=C\C/C=C\C/C=C\C/C=C\C/C=C\C/C=C\C/C=C\C/C=C\C/C=C\CCCCCCC(=O)NC(COP(=O)([O-])OCC[N+](C)(C)C)C(O)/C=C/CC/C=C/CC/C=C/CCCCC. The Kier molecular flexibility index (Phi) is 47.3. The molecule has 394 valence electrons. The maximum Gasteiger partial charge on any atom is 0.268 e. The minimum absolute atomic E-state index is 0.0238. The molecule has 0 fully saturated rings. The van der Waals surface area contributed by atoms with Gasteiger partial charge in [-0.15, -0.1) is 0 Å². The Labute approximate surface area is 429 Å². The van der Waals surface area contributed by atoms with Crippen LogP contribution < -0.4 is 10.2 Å². The number of aliphatic hydroxyl groups is 1. The molecule has 0 spiro atoms. The number of aliphatic hydroxyl groups excluding tert-OH is 1. The number of hydrogen-bond acceptors (Lipinski definition) is 6. The quantitative estimate of drug-likeness (QED) is 0.0272. The van der Waals surface area contributed by atoms with Gasteiger partial charge in [-0.2, -0.15) is 0 Å². The van der Waals surface area contributed by atoms with E-state index in [-0.39, 0.29) is 18.9 Å². The number of likely N-dealkylation sites (N-methyl/N-ethyl adjacent to an activating group) is 1. The second kappa shape index (κ2) is 50.1. The van der Waals surface area contributed by atoms with E-state index in [0.717, 1.165) is 116 Å². The first kappa shape index (κ1) is 66.1. The number of amides is 1. The van der Waals surface area contributed by atoms with Gasteiger partial charge in [-0.3, -0.25) is 9.36 Å². The highest BCUT2D eigenvalue weighted by Crippen LogP contribution is 2.38. The van der Waals surface area contributed by atoms with Crippen molar-refractivity contribution in [1.82, 2.24) is 5.32 Å². The number of rotatable bonds is 46. The summed E-state index contributed by atoms with van der Waals surface area (Å²) in [7, 11) is 1.19. The number of nitrogens with one attached hydrogen (secondary N) is 1. The Morgan fingerprint density at radius 3 is 1.31 bits per heavy atom. The van der Waals surface area contributed by atoms with Crippen molar-refractivity contribution in [2.45, 2.75) is 180 Å². The van der Waals surface area contributed by atoms with Crippen LogP contribution in [0.4, 0.5) is 0 Å². The third kappa shape index (κ3) is 52.0. The first-order chi connectivity index (χ1) is 34.0. The molecule has 70 heavy (non-hydrogen) atoms. The molecule has 0 aliphatic heterocycles. The molecule has 0 saturated heterocycles. The maximum atomic E-state index is 12.9. The molecular formula is C61H99N2O6P. The molecule has 1 amide bonds. The van der Waals surface area contributed by atoms with E-state index < -0.39 is 26.6 Å². The number of nitrogens with zero attached hydrogens (tertiary/aromatic N) is 1. The highest BCUT2D eigenvalue weighted by molar-refractivity contribution is 7.45. The van der Waals surface area contributed by atoms with Crippen LogP contribution in [0.25, 0.3) is 0 Å². The van der Waals surface area contributed by atoms with Gasteiger partial charge in [0.2, 0.25) is 5.91 Å². The van der Waals surface area contributed by atoms with Gasteiger partial charge in [0.25, 0.3) is 7.82 Å². The number of hydrogen-bond donors (Lipinski definition) is 2. The van der Waals surface area contributed by atoms with Crippen molar-refractivity contribution in [2.24, 2.45) is 0 Å². The fraction of sp³-hybridized carbons (Fsp3) is 0.557. The van der Waals surface area contributed by atoms with Gasteiger partial charge in [0.15, 0.2) is 0 Å². The lowest BCUT2D eigenvalue weighted by Crippen LogP contribution is -2.45. The minimum atomic E-state index is -4.62. The highest BCUT2D eigenvalue weighted by Gasteiger charge is 2.23. The standard InChI is InChI=1S/C61H99N2O6P/c1-6-8-10-12-14-16-18-20-21-22-23-24-25-26-27-28-29-30-31-32-33-34-35-36-37-38-39-40-41-43-45-47-49-51-53-55-61(65)62-59(58-69-70(66,67)68-57-56-63(3,4)5)60(64)54-52-50-48-46-44-42-19-17-15-13-11-9-7-2/h8,10,14-17,20-21,23-24,26-27,29-30,32-33,35-36,38-39,41,43-44,46,52,54,59-60,64H,6-7,9,11-13,18-19,22,25,28,31,34,37,40,42,45,47-51,53,55-58H2,1-5H3,(H-,62,65,66,67)/b10-8-,16-14-,17-15+,21-20-,24-23-,27-26-,30-29-,33-32-,36-35-,39-38-,43-41-,46-44+,54-52+. The molecule has 0 heterocycles. The number of phosphoric ester groups is 1. The zero-order chi connectivity index (χ0) is 51.3. The van der Waals surface area contributed by atoms with E-state index in [9.17, 15) is 19.4 Å². The van der Waals surface area contributed by atoms with Crippen molar-refractivity contribution in [3.05, 3.63) is 158 Å². The number of quaternary nitrogens is 1. The number of phosphoric acid groups is 1. The van der Waals surface area contributed by atoms with Crippen LogP contribution in [-0.4, -0.2) is 68.5 Å². The van der Waals surface area contributed by atoms with E-state index in [1.165, 1.54) is 19.3 Å². The summed E-state index contributed by atoms with van der Waals surface area (Å²) >= 11 is 0. The van der Waals surface area contributed by atoms with Gasteiger partial charge in [-0.05, 0) is 122 Å². The summed E-state index contributed by atoms with van der Waals surface area (Å²) in [4.78, 5) is 25.4. The summed E-state index contributed by atoms with van der Waals surface area (Å²) in [6.45, 7) is 4.41. The number of carbonyl (C=O) groups excluding carboxylic acids is 1. The Morgan fingerprint density at radius 1 is 0.514 bits per heavy atom. The normalized spacial score (nSPS) is 15.2. The number of allylic oxidation sites excluding steroid dienone is 25. The molecule has 0 radical (unpaired) electrons. The highest BCUT2D eigenvalue weighted by atomic mass is 31.2. The van der Waals surface area contributed by atoms with E-state index in [0.29, 0.717) is 23.9 Å². The van der Waals surface area contributed by atoms with Crippen LogP contribution in [0.1, 0.15) is 168 Å². The molecule has 8 nitrogen and oxygen atoms in total. The molecule has 9 heteroatoms. The molecule has 0 saturated carbocycles. The van der Waals surface area contributed by atoms with Crippen LogP contribution in [0.3, 0.4) is 0 Å². The lowest BCUT2D eigenvalue weighted by atomic mass is 10.1. The first-order valence-electron chi connectivity index (χ1n) is 26.8. The average molecular weight is 987 g/mol. The van der Waals surface area contributed by atoms with Crippen LogP contribution in [0.2, 0.25) is 0 Å². The van der Waals surface area contributed by atoms with Gasteiger partial charge in [0, 0.05) is 6.42 Å². The predicted molar refractivity (Wildman–Crippen MR) is 301 cm³/mol. The maximum absolute atomic E-state index is 12.9. The topological polar surface area (TPSA) is 108 Å². The van der Waals surface area contributed by atoms with Crippen molar-refractivity contribution in [1.29, 1.82) is 0 Å². The number of carbonyl (C=O) groups is 1. The fourth-order valence-corrected chi connectivity index (χ4v) is 7.23. The van der Waals surface area contributed by atoms with Crippen LogP contribution >= 0.6 is 7.82 Å². The Hall–Kier alpha value is -3.88. The van der Waals surface area contributed by atoms with Crippen LogP contribution in [-0.2, 0) is 18.4 Å². The smallest absolute Gasteiger partial charge is 0.268 e. The van der Waals surface area contributed by atoms with Gasteiger partial charge in [0.1, 0.15) is 13.2 Å². The van der Waals surface area contributed by atoms with Crippen molar-refractivity contribution < 1.29 is 32.9 Å². The minimum Gasteiger partial charge on any atom is -0.756 e. The largest absolute Gasteiger partial charge is 0.756 e. The van der Waals surface area contributed by atoms with Gasteiger partial charge < -0.3 is 28.8 Å². The molecular weight excluding hydrogens is 888 g/mol. The molecule has 0 aromatic carbocycles. The van der Waals surface area contributed by atoms with Crippen LogP contribution in [0, 0.1) is 0 Å². The van der Waals surface area contributed by atoms with Gasteiger partial charge in [-0.25, -0.2) is 0 Å². The fourth-order valence-electron chi connectivity index (χ4n) is 6.50. The van der Waals surface area contributed by atoms with Gasteiger partial charge >= 0.3 is 0 Å². The molecule has 0 aromatic rings. The van der Waals surface area contributed by atoms with Gasteiger partial charge in [0.05, 0.1) is 39.9 Å². The van der Waals surface area contributed by atoms with Crippen molar-refractivity contribution in [3.8, 4) is 0 Å². The number of unbranched alkanes of at least 4 members (excludes halogenated alkanes) is 9. The molecule has 0 aromatic heterocycles. The van der Waals surface area contributed by atoms with Crippen molar-refractivity contribution >= 4 is 13.7 Å². The third-order valence-electron chi connectivity index (χ3n) is 10.7. The Morgan fingerprint density at radius 2 is 0.886 bits per heavy atom. The summed E-state index contributed by atoms with van der Waals surface area (Å²) in [5.74, 6) is -0.245. The molecule has 0 aliphatic carbocycles. The molecule has 3 unspecified atom stereocenters. The second-order valence-electron chi connectivity index (χ2n) is 18.5. The van der Waals surface area contributed by atoms with Crippen LogP contribution in [0.15, 0.2) is 158 Å². The summed E-state index contributed by atoms with van der Waals surface area (Å²) in [5, 5.41) is 13.8.